The molecule has 26 heavy (non-hydrogen) atoms. The zero-order valence-electron chi connectivity index (χ0n) is 15.9. The smallest absolute Gasteiger partial charge is 0.222 e. The molecule has 3 N–H and O–H groups in total. The van der Waals surface area contributed by atoms with Gasteiger partial charge in [0.2, 0.25) is 5.88 Å². The summed E-state index contributed by atoms with van der Waals surface area (Å²) in [6, 6.07) is 1.77. The molecule has 0 amide bonds. The molecule has 0 aliphatic rings. The fraction of sp³-hybridized carbons (Fsp3) is 0.556. The number of aromatic nitrogens is 2. The van der Waals surface area contributed by atoms with Crippen LogP contribution < -0.4 is 10.5 Å². The molecule has 6 nitrogen and oxygen atoms in total. The van der Waals surface area contributed by atoms with Gasteiger partial charge in [-0.15, -0.1) is 0 Å². The summed E-state index contributed by atoms with van der Waals surface area (Å²) >= 11 is 6.08. The lowest BCUT2D eigenvalue weighted by atomic mass is 9.89. The van der Waals surface area contributed by atoms with Gasteiger partial charge < -0.3 is 10.5 Å². The maximum absolute atomic E-state index is 12.0. The van der Waals surface area contributed by atoms with Crippen molar-refractivity contribution in [2.45, 2.75) is 50.8 Å². The zero-order valence-corrected chi connectivity index (χ0v) is 17.5. The highest BCUT2D eigenvalue weighted by atomic mass is 35.5. The lowest BCUT2D eigenvalue weighted by molar-refractivity contribution is 0.288. The Kier molecular flexibility index (Phi) is 5.85. The van der Waals surface area contributed by atoms with E-state index in [1.54, 1.807) is 18.5 Å². The number of rotatable bonds is 7. The second-order valence-corrected chi connectivity index (χ2v) is 10.7. The van der Waals surface area contributed by atoms with Crippen molar-refractivity contribution in [3.05, 3.63) is 29.2 Å². The summed E-state index contributed by atoms with van der Waals surface area (Å²) in [5, 5.41) is 1.97. The van der Waals surface area contributed by atoms with Gasteiger partial charge in [-0.1, -0.05) is 18.5 Å². The minimum absolute atomic E-state index is 0.300. The number of hydrogen-bond donors (Lipinski definition) is 2. The van der Waals surface area contributed by atoms with Gasteiger partial charge in [0.1, 0.15) is 5.15 Å². The van der Waals surface area contributed by atoms with Crippen molar-refractivity contribution < 1.29 is 8.95 Å². The van der Waals surface area contributed by atoms with E-state index >= 15 is 0 Å². The lowest BCUT2D eigenvalue weighted by Crippen LogP contribution is -2.32. The number of hydrogen-bond acceptors (Lipinski definition) is 6. The van der Waals surface area contributed by atoms with Crippen LogP contribution in [0.3, 0.4) is 0 Å². The summed E-state index contributed by atoms with van der Waals surface area (Å²) in [4.78, 5) is 8.57. The van der Waals surface area contributed by atoms with E-state index in [0.29, 0.717) is 24.1 Å². The molecule has 0 radical (unpaired) electrons. The summed E-state index contributed by atoms with van der Waals surface area (Å²) in [5.74, 6) is 0.434. The van der Waals surface area contributed by atoms with Crippen LogP contribution >= 0.6 is 11.6 Å². The molecule has 2 atom stereocenters. The number of pyridine rings is 2. The Morgan fingerprint density at radius 2 is 1.92 bits per heavy atom. The Bertz CT molecular complexity index is 911. The van der Waals surface area contributed by atoms with Crippen LogP contribution in [-0.2, 0) is 15.3 Å². The minimum atomic E-state index is -2.68. The Hall–Kier alpha value is -1.44. The fourth-order valence-corrected chi connectivity index (χ4v) is 3.06. The van der Waals surface area contributed by atoms with Crippen molar-refractivity contribution in [1.29, 1.82) is 4.78 Å². The standard InChI is InChI=1S/C18H27ClN4O2S/c1-6-18(4,20)14-11-23-16(13-10-22-15(19)9-12(13)14)25-8-7-17(2,3)26(5,21)24/h9-11,21H,6-8,20H2,1-5H3/t18-,26?/m1/s1. The number of halogens is 1. The Labute approximate surface area is 160 Å². The van der Waals surface area contributed by atoms with Crippen LogP contribution in [0.15, 0.2) is 18.5 Å². The van der Waals surface area contributed by atoms with Crippen molar-refractivity contribution in [1.82, 2.24) is 9.97 Å². The maximum atomic E-state index is 12.0. The van der Waals surface area contributed by atoms with Crippen LogP contribution in [0, 0.1) is 4.78 Å². The molecule has 0 spiro atoms. The van der Waals surface area contributed by atoms with Crippen LogP contribution in [-0.4, -0.2) is 31.8 Å². The first-order valence-corrected chi connectivity index (χ1v) is 10.8. The summed E-state index contributed by atoms with van der Waals surface area (Å²) in [6.45, 7) is 7.89. The van der Waals surface area contributed by atoms with Crippen LogP contribution in [0.5, 0.6) is 5.88 Å². The number of nitrogens with one attached hydrogen (secondary N) is 1. The van der Waals surface area contributed by atoms with Gasteiger partial charge in [0, 0.05) is 33.9 Å². The summed E-state index contributed by atoms with van der Waals surface area (Å²) in [5.41, 5.74) is 6.75. The Balaban J connectivity index is 2.37. The highest BCUT2D eigenvalue weighted by molar-refractivity contribution is 7.93. The van der Waals surface area contributed by atoms with Crippen molar-refractivity contribution in [2.24, 2.45) is 5.73 Å². The molecular weight excluding hydrogens is 372 g/mol. The highest BCUT2D eigenvalue weighted by Gasteiger charge is 2.27. The minimum Gasteiger partial charge on any atom is -0.477 e. The predicted octanol–water partition coefficient (Wildman–Crippen LogP) is 4.09. The molecular formula is C18H27ClN4O2S. The van der Waals surface area contributed by atoms with Crippen LogP contribution in [0.1, 0.15) is 46.1 Å². The van der Waals surface area contributed by atoms with Crippen LogP contribution in [0.2, 0.25) is 5.15 Å². The van der Waals surface area contributed by atoms with Gasteiger partial charge in [0.25, 0.3) is 0 Å². The average Bonchev–Trinajstić information content (AvgIpc) is 2.53. The molecule has 8 heteroatoms. The first-order chi connectivity index (χ1) is 11.9. The first-order valence-electron chi connectivity index (χ1n) is 8.49. The van der Waals surface area contributed by atoms with E-state index in [9.17, 15) is 4.21 Å². The summed E-state index contributed by atoms with van der Waals surface area (Å²) in [7, 11) is -2.68. The van der Waals surface area contributed by atoms with Gasteiger partial charge in [-0.2, -0.15) is 0 Å². The molecule has 1 unspecified atom stereocenters. The molecule has 0 saturated carbocycles. The van der Waals surface area contributed by atoms with Crippen molar-refractivity contribution in [3.8, 4) is 5.88 Å². The third-order valence-corrected chi connectivity index (χ3v) is 7.57. The SMILES string of the molecule is CC[C@@](C)(N)c1cnc(OCCC(C)(C)S(C)(=N)=O)c2cnc(Cl)cc12. The molecule has 144 valence electrons. The quantitative estimate of drug-likeness (QED) is 0.683. The monoisotopic (exact) mass is 398 g/mol. The zero-order chi connectivity index (χ0) is 19.8. The van der Waals surface area contributed by atoms with Gasteiger partial charge in [-0.3, -0.25) is 4.78 Å². The summed E-state index contributed by atoms with van der Waals surface area (Å²) < 4.78 is 25.1. The van der Waals surface area contributed by atoms with Crippen LogP contribution in [0.25, 0.3) is 10.8 Å². The molecule has 0 aliphatic heterocycles. The van der Waals surface area contributed by atoms with Gasteiger partial charge >= 0.3 is 0 Å². The normalized spacial score (nSPS) is 16.9. The van der Waals surface area contributed by atoms with Crippen molar-refractivity contribution in [2.75, 3.05) is 12.9 Å². The Morgan fingerprint density at radius 3 is 2.50 bits per heavy atom. The third kappa shape index (κ3) is 4.27. The second-order valence-electron chi connectivity index (χ2n) is 7.50. The Morgan fingerprint density at radius 1 is 1.27 bits per heavy atom. The molecule has 0 saturated heterocycles. The second kappa shape index (κ2) is 7.29. The molecule has 2 aromatic rings. The average molecular weight is 399 g/mol. The lowest BCUT2D eigenvalue weighted by Gasteiger charge is -2.26. The molecule has 0 aliphatic carbocycles. The molecule has 0 aromatic carbocycles. The highest BCUT2D eigenvalue weighted by Crippen LogP contribution is 2.34. The van der Waals surface area contributed by atoms with E-state index in [4.69, 9.17) is 26.9 Å². The molecule has 2 aromatic heterocycles. The maximum Gasteiger partial charge on any atom is 0.222 e. The molecule has 2 rings (SSSR count). The summed E-state index contributed by atoms with van der Waals surface area (Å²) in [6.07, 6.45) is 6.02. The van der Waals surface area contributed by atoms with E-state index < -0.39 is 20.0 Å². The van der Waals surface area contributed by atoms with E-state index in [-0.39, 0.29) is 0 Å². The van der Waals surface area contributed by atoms with E-state index in [0.717, 1.165) is 22.8 Å². The largest absolute Gasteiger partial charge is 0.477 e. The number of nitrogens with zero attached hydrogens (tertiary/aromatic N) is 2. The van der Waals surface area contributed by atoms with E-state index in [1.165, 1.54) is 6.26 Å². The third-order valence-electron chi connectivity index (χ3n) is 5.05. The predicted molar refractivity (Wildman–Crippen MR) is 107 cm³/mol. The molecule has 0 fully saturated rings. The van der Waals surface area contributed by atoms with Crippen LogP contribution in [0.4, 0.5) is 0 Å². The van der Waals surface area contributed by atoms with Gasteiger partial charge in [0.15, 0.2) is 0 Å². The topological polar surface area (TPSA) is 102 Å². The van der Waals surface area contributed by atoms with Crippen molar-refractivity contribution in [3.63, 3.8) is 0 Å². The molecule has 0 bridgehead atoms. The van der Waals surface area contributed by atoms with Gasteiger partial charge in [-0.05, 0) is 50.6 Å². The molecule has 2 heterocycles. The van der Waals surface area contributed by atoms with Crippen molar-refractivity contribution >= 4 is 32.1 Å². The fourth-order valence-electron chi connectivity index (χ4n) is 2.43. The number of nitrogens with two attached hydrogens (primary N) is 1. The van der Waals surface area contributed by atoms with E-state index in [1.807, 2.05) is 27.7 Å². The van der Waals surface area contributed by atoms with Gasteiger partial charge in [0.05, 0.1) is 16.7 Å². The van der Waals surface area contributed by atoms with E-state index in [2.05, 4.69) is 9.97 Å². The van der Waals surface area contributed by atoms with Gasteiger partial charge in [-0.25, -0.2) is 14.2 Å². The number of ether oxygens (including phenoxy) is 1. The number of fused-ring (bicyclic) bond motifs is 1. The first kappa shape index (κ1) is 20.9.